The lowest BCUT2D eigenvalue weighted by Crippen LogP contribution is -2.65. The SMILES string of the molecule is CCCCCCCCCCCCCCCCCC(=O)N(CCCCCCCCCCCC)[C@@H]1O[C@H](CNC(=O)CNC(=O)OCc2ccccc2)[C@H](O)[C@H](O)[C@H]1O. The Kier molecular flexibility index (Phi) is 29.3. The second-order valence-electron chi connectivity index (χ2n) is 16.2. The van der Waals surface area contributed by atoms with Crippen molar-refractivity contribution in [3.63, 3.8) is 0 Å². The number of unbranched alkanes of at least 4 members (excludes halogenated alkanes) is 23. The minimum atomic E-state index is -1.58. The predicted octanol–water partition coefficient (Wildman–Crippen LogP) is 8.85. The van der Waals surface area contributed by atoms with Gasteiger partial charge in [-0.1, -0.05) is 192 Å². The maximum absolute atomic E-state index is 13.7. The Morgan fingerprint density at radius 1 is 0.614 bits per heavy atom. The van der Waals surface area contributed by atoms with E-state index in [4.69, 9.17) is 9.47 Å². The molecular formula is C46H81N3O8. The van der Waals surface area contributed by atoms with E-state index >= 15 is 0 Å². The van der Waals surface area contributed by atoms with Crippen LogP contribution in [-0.2, 0) is 25.7 Å². The van der Waals surface area contributed by atoms with Gasteiger partial charge in [-0.25, -0.2) is 4.79 Å². The Morgan fingerprint density at radius 3 is 1.60 bits per heavy atom. The molecule has 0 saturated carbocycles. The van der Waals surface area contributed by atoms with E-state index in [9.17, 15) is 29.7 Å². The van der Waals surface area contributed by atoms with Crippen molar-refractivity contribution in [2.75, 3.05) is 19.6 Å². The molecule has 1 aliphatic heterocycles. The van der Waals surface area contributed by atoms with Crippen molar-refractivity contribution >= 4 is 17.9 Å². The zero-order valence-electron chi connectivity index (χ0n) is 35.8. The molecule has 1 aromatic rings. The monoisotopic (exact) mass is 804 g/mol. The third-order valence-electron chi connectivity index (χ3n) is 11.2. The number of carbonyl (C=O) groups is 3. The van der Waals surface area contributed by atoms with Crippen molar-refractivity contribution in [2.45, 2.75) is 218 Å². The maximum atomic E-state index is 13.7. The standard InChI is InChI=1S/C46H81N3O8/c1-3-5-7-9-11-13-15-16-17-18-19-20-22-24-29-33-41(51)49(34-30-25-23-21-14-12-10-8-6-4-2)45-44(54)43(53)42(52)39(57-45)35-47-40(50)36-48-46(55)56-37-38-31-27-26-28-32-38/h26-28,31-32,39,42-45,52-54H,3-25,29-30,33-37H2,1-2H3,(H,47,50)(H,48,55)/t39-,42+,43+,44-,45-/m1/s1. The Bertz CT molecular complexity index is 1160. The van der Waals surface area contributed by atoms with Crippen molar-refractivity contribution < 1.29 is 39.2 Å². The van der Waals surface area contributed by atoms with Gasteiger partial charge < -0.3 is 40.3 Å². The predicted molar refractivity (Wildman–Crippen MR) is 227 cm³/mol. The number of alkyl carbamates (subject to hydrolysis) is 1. The van der Waals surface area contributed by atoms with Crippen LogP contribution in [0.3, 0.4) is 0 Å². The van der Waals surface area contributed by atoms with E-state index < -0.39 is 42.6 Å². The summed E-state index contributed by atoms with van der Waals surface area (Å²) in [4.78, 5) is 39.9. The molecule has 11 heteroatoms. The fourth-order valence-electron chi connectivity index (χ4n) is 7.52. The first-order valence-corrected chi connectivity index (χ1v) is 23.0. The van der Waals surface area contributed by atoms with Crippen LogP contribution in [0.4, 0.5) is 4.79 Å². The molecule has 5 atom stereocenters. The van der Waals surface area contributed by atoms with E-state index in [1.54, 1.807) is 0 Å². The molecule has 328 valence electrons. The van der Waals surface area contributed by atoms with E-state index in [1.807, 2.05) is 30.3 Å². The van der Waals surface area contributed by atoms with E-state index in [2.05, 4.69) is 24.5 Å². The highest BCUT2D eigenvalue weighted by atomic mass is 16.6. The molecule has 0 radical (unpaired) electrons. The van der Waals surface area contributed by atoms with Crippen LogP contribution in [0.5, 0.6) is 0 Å². The summed E-state index contributed by atoms with van der Waals surface area (Å²) in [5.74, 6) is -0.694. The molecule has 0 spiro atoms. The fraction of sp³-hybridized carbons (Fsp3) is 0.804. The molecule has 0 aromatic heterocycles. The normalized spacial score (nSPS) is 19.3. The number of aliphatic hydroxyl groups excluding tert-OH is 3. The highest BCUT2D eigenvalue weighted by Gasteiger charge is 2.46. The molecule has 0 bridgehead atoms. The van der Waals surface area contributed by atoms with Gasteiger partial charge in [0.1, 0.15) is 31.0 Å². The van der Waals surface area contributed by atoms with Gasteiger partial charge in [0.2, 0.25) is 11.8 Å². The summed E-state index contributed by atoms with van der Waals surface area (Å²) in [6, 6.07) is 9.17. The van der Waals surface area contributed by atoms with E-state index in [0.29, 0.717) is 13.0 Å². The molecule has 3 amide bonds. The molecule has 0 unspecified atom stereocenters. The Labute approximate surface area is 345 Å². The highest BCUT2D eigenvalue weighted by Crippen LogP contribution is 2.26. The molecular weight excluding hydrogens is 723 g/mol. The fourth-order valence-corrected chi connectivity index (χ4v) is 7.52. The van der Waals surface area contributed by atoms with Gasteiger partial charge in [-0.2, -0.15) is 0 Å². The average Bonchev–Trinajstić information content (AvgIpc) is 3.22. The van der Waals surface area contributed by atoms with E-state index in [1.165, 1.54) is 120 Å². The number of rotatable bonds is 34. The Morgan fingerprint density at radius 2 is 1.09 bits per heavy atom. The number of nitrogens with zero attached hydrogens (tertiary/aromatic N) is 1. The van der Waals surface area contributed by atoms with Crippen LogP contribution in [0.15, 0.2) is 30.3 Å². The van der Waals surface area contributed by atoms with Gasteiger partial charge in [-0.3, -0.25) is 9.59 Å². The van der Waals surface area contributed by atoms with Gasteiger partial charge >= 0.3 is 6.09 Å². The lowest BCUT2D eigenvalue weighted by Gasteiger charge is -2.45. The van der Waals surface area contributed by atoms with Gasteiger partial charge in [-0.05, 0) is 18.4 Å². The molecule has 2 rings (SSSR count). The van der Waals surface area contributed by atoms with Gasteiger partial charge in [-0.15, -0.1) is 0 Å². The molecule has 1 fully saturated rings. The highest BCUT2D eigenvalue weighted by molar-refractivity contribution is 5.82. The van der Waals surface area contributed by atoms with Crippen LogP contribution in [0.1, 0.15) is 186 Å². The minimum Gasteiger partial charge on any atom is -0.445 e. The first kappa shape index (κ1) is 50.4. The summed E-state index contributed by atoms with van der Waals surface area (Å²) in [7, 11) is 0. The van der Waals surface area contributed by atoms with Crippen molar-refractivity contribution in [1.29, 1.82) is 0 Å². The van der Waals surface area contributed by atoms with Crippen LogP contribution >= 0.6 is 0 Å². The molecule has 5 N–H and O–H groups in total. The lowest BCUT2D eigenvalue weighted by atomic mass is 9.96. The third-order valence-corrected chi connectivity index (χ3v) is 11.2. The van der Waals surface area contributed by atoms with Gasteiger partial charge in [0.25, 0.3) is 0 Å². The second kappa shape index (κ2) is 33.1. The number of nitrogens with one attached hydrogen (secondary N) is 2. The Hall–Kier alpha value is -2.73. The zero-order valence-corrected chi connectivity index (χ0v) is 35.8. The molecule has 11 nitrogen and oxygen atoms in total. The second-order valence-corrected chi connectivity index (χ2v) is 16.2. The van der Waals surface area contributed by atoms with Crippen LogP contribution < -0.4 is 10.6 Å². The first-order chi connectivity index (χ1) is 27.8. The zero-order chi connectivity index (χ0) is 41.4. The third kappa shape index (κ3) is 23.5. The number of ether oxygens (including phenoxy) is 2. The van der Waals surface area contributed by atoms with Gasteiger partial charge in [0, 0.05) is 19.5 Å². The average molecular weight is 804 g/mol. The quantitative estimate of drug-likeness (QED) is 0.0433. The summed E-state index contributed by atoms with van der Waals surface area (Å²) in [5, 5.41) is 37.8. The molecule has 1 aromatic carbocycles. The van der Waals surface area contributed by atoms with Gasteiger partial charge in [0.15, 0.2) is 6.23 Å². The topological polar surface area (TPSA) is 158 Å². The number of benzene rings is 1. The van der Waals surface area contributed by atoms with Crippen LogP contribution in [-0.4, -0.2) is 88.4 Å². The molecule has 1 saturated heterocycles. The lowest BCUT2D eigenvalue weighted by molar-refractivity contribution is -0.255. The van der Waals surface area contributed by atoms with Gasteiger partial charge in [0.05, 0.1) is 6.54 Å². The smallest absolute Gasteiger partial charge is 0.407 e. The van der Waals surface area contributed by atoms with Crippen molar-refractivity contribution in [2.24, 2.45) is 0 Å². The van der Waals surface area contributed by atoms with Crippen molar-refractivity contribution in [1.82, 2.24) is 15.5 Å². The maximum Gasteiger partial charge on any atom is 0.407 e. The number of hydrogen-bond donors (Lipinski definition) is 5. The van der Waals surface area contributed by atoms with E-state index in [0.717, 1.165) is 50.5 Å². The number of carbonyl (C=O) groups excluding carboxylic acids is 3. The number of aliphatic hydroxyl groups is 3. The van der Waals surface area contributed by atoms with Crippen LogP contribution in [0, 0.1) is 0 Å². The first-order valence-electron chi connectivity index (χ1n) is 23.0. The summed E-state index contributed by atoms with van der Waals surface area (Å²) in [5.41, 5.74) is 0.811. The molecule has 1 heterocycles. The van der Waals surface area contributed by atoms with Crippen molar-refractivity contribution in [3.8, 4) is 0 Å². The minimum absolute atomic E-state index is 0.0613. The summed E-state index contributed by atoms with van der Waals surface area (Å²) < 4.78 is 11.3. The molecule has 57 heavy (non-hydrogen) atoms. The molecule has 1 aliphatic rings. The van der Waals surface area contributed by atoms with Crippen molar-refractivity contribution in [3.05, 3.63) is 35.9 Å². The summed E-state index contributed by atoms with van der Waals surface area (Å²) >= 11 is 0. The van der Waals surface area contributed by atoms with Crippen LogP contribution in [0.2, 0.25) is 0 Å². The largest absolute Gasteiger partial charge is 0.445 e. The summed E-state index contributed by atoms with van der Waals surface area (Å²) in [6.07, 6.45) is 22.7. The van der Waals surface area contributed by atoms with Crippen LogP contribution in [0.25, 0.3) is 0 Å². The Balaban J connectivity index is 1.82. The summed E-state index contributed by atoms with van der Waals surface area (Å²) in [6.45, 7) is 4.35. The molecule has 0 aliphatic carbocycles. The number of amides is 3. The number of hydrogen-bond acceptors (Lipinski definition) is 8. The van der Waals surface area contributed by atoms with E-state index in [-0.39, 0.29) is 25.6 Å².